The van der Waals surface area contributed by atoms with Crippen LogP contribution in [0.25, 0.3) is 0 Å². The lowest BCUT2D eigenvalue weighted by Crippen LogP contribution is -2.26. The number of amides is 1. The molecule has 6 heteroatoms. The van der Waals surface area contributed by atoms with Gasteiger partial charge in [0, 0.05) is 18.1 Å². The maximum absolute atomic E-state index is 12.6. The van der Waals surface area contributed by atoms with E-state index in [1.54, 1.807) is 18.0 Å². The Balaban J connectivity index is 1.51. The number of nitrogens with zero attached hydrogens (tertiary/aromatic N) is 3. The molecule has 1 aromatic heterocycles. The van der Waals surface area contributed by atoms with Gasteiger partial charge < -0.3 is 5.32 Å². The molecule has 3 aromatic rings. The molecule has 29 heavy (non-hydrogen) atoms. The maximum atomic E-state index is 12.6. The van der Waals surface area contributed by atoms with Gasteiger partial charge in [-0.05, 0) is 23.6 Å². The summed E-state index contributed by atoms with van der Waals surface area (Å²) in [7, 11) is 0. The van der Waals surface area contributed by atoms with Crippen molar-refractivity contribution in [3.05, 3.63) is 88.7 Å². The molecule has 0 bridgehead atoms. The van der Waals surface area contributed by atoms with Crippen LogP contribution in [0.2, 0.25) is 0 Å². The van der Waals surface area contributed by atoms with Gasteiger partial charge in [-0.3, -0.25) is 9.48 Å². The quantitative estimate of drug-likeness (QED) is 0.547. The van der Waals surface area contributed by atoms with E-state index in [4.69, 9.17) is 5.26 Å². The van der Waals surface area contributed by atoms with E-state index in [0.717, 1.165) is 34.7 Å². The minimum Gasteiger partial charge on any atom is -0.351 e. The van der Waals surface area contributed by atoms with Gasteiger partial charge >= 0.3 is 0 Å². The van der Waals surface area contributed by atoms with Gasteiger partial charge in [0.25, 0.3) is 5.91 Å². The summed E-state index contributed by atoms with van der Waals surface area (Å²) in [5, 5.41) is 16.6. The number of thioether (sulfide) groups is 1. The number of hydrogen-bond acceptors (Lipinski definition) is 4. The predicted octanol–water partition coefficient (Wildman–Crippen LogP) is 4.03. The van der Waals surface area contributed by atoms with Crippen molar-refractivity contribution in [3.63, 3.8) is 0 Å². The molecule has 3 rings (SSSR count). The van der Waals surface area contributed by atoms with Gasteiger partial charge in [0.2, 0.25) is 0 Å². The molecule has 1 amide bonds. The summed E-state index contributed by atoms with van der Waals surface area (Å²) in [5.41, 5.74) is 4.49. The fraction of sp³-hybridized carbons (Fsp3) is 0.261. The van der Waals surface area contributed by atoms with E-state index in [1.165, 1.54) is 0 Å². The van der Waals surface area contributed by atoms with Crippen molar-refractivity contribution >= 4 is 17.7 Å². The molecular formula is C23H24N4OS. The molecule has 1 heterocycles. The van der Waals surface area contributed by atoms with E-state index < -0.39 is 0 Å². The minimum absolute atomic E-state index is 0.0841. The Labute approximate surface area is 175 Å². The smallest absolute Gasteiger partial charge is 0.254 e. The van der Waals surface area contributed by atoms with Crippen molar-refractivity contribution in [3.8, 4) is 6.07 Å². The van der Waals surface area contributed by atoms with Crippen LogP contribution >= 0.6 is 11.8 Å². The molecule has 148 valence electrons. The van der Waals surface area contributed by atoms with E-state index in [0.29, 0.717) is 24.2 Å². The van der Waals surface area contributed by atoms with Gasteiger partial charge in [0.05, 0.1) is 35.6 Å². The number of hydrogen-bond donors (Lipinski definition) is 1. The lowest BCUT2D eigenvalue weighted by molar-refractivity contribution is 0.0955. The summed E-state index contributed by atoms with van der Waals surface area (Å²) in [6, 6.07) is 19.9. The van der Waals surface area contributed by atoms with Gasteiger partial charge in [-0.15, -0.1) is 0 Å². The van der Waals surface area contributed by atoms with Crippen molar-refractivity contribution in [2.75, 3.05) is 12.3 Å². The summed E-state index contributed by atoms with van der Waals surface area (Å²) in [6.07, 6.45) is 2.41. The molecule has 0 aliphatic rings. The van der Waals surface area contributed by atoms with Crippen LogP contribution < -0.4 is 5.32 Å². The molecule has 5 nitrogen and oxygen atoms in total. The van der Waals surface area contributed by atoms with Gasteiger partial charge in [0.15, 0.2) is 0 Å². The van der Waals surface area contributed by atoms with Gasteiger partial charge in [-0.25, -0.2) is 0 Å². The number of nitrogens with one attached hydrogen (secondary N) is 1. The van der Waals surface area contributed by atoms with Crippen molar-refractivity contribution in [1.29, 1.82) is 5.26 Å². The molecule has 0 radical (unpaired) electrons. The molecule has 0 spiro atoms. The first-order valence-corrected chi connectivity index (χ1v) is 10.8. The summed E-state index contributed by atoms with van der Waals surface area (Å²) in [4.78, 5) is 12.6. The van der Waals surface area contributed by atoms with Crippen LogP contribution in [0.3, 0.4) is 0 Å². The van der Waals surface area contributed by atoms with Crippen LogP contribution in [0.15, 0.2) is 60.8 Å². The number of carbonyl (C=O) groups excluding carboxylic acids is 1. The number of aromatic nitrogens is 2. The highest BCUT2D eigenvalue weighted by Crippen LogP contribution is 2.16. The van der Waals surface area contributed by atoms with Crippen molar-refractivity contribution in [1.82, 2.24) is 15.1 Å². The average molecular weight is 405 g/mol. The summed E-state index contributed by atoms with van der Waals surface area (Å²) in [6.45, 7) is 3.27. The zero-order chi connectivity index (χ0) is 20.5. The number of benzene rings is 2. The Morgan fingerprint density at radius 3 is 2.69 bits per heavy atom. The second-order valence-electron chi connectivity index (χ2n) is 6.58. The number of nitriles is 1. The summed E-state index contributed by atoms with van der Waals surface area (Å²) in [5.74, 6) is 1.46. The Bertz CT molecular complexity index is 992. The third-order valence-corrected chi connectivity index (χ3v) is 5.64. The second kappa shape index (κ2) is 10.5. The Kier molecular flexibility index (Phi) is 7.48. The molecule has 2 aromatic carbocycles. The van der Waals surface area contributed by atoms with E-state index in [-0.39, 0.29) is 5.91 Å². The Hall–Kier alpha value is -3.04. The lowest BCUT2D eigenvalue weighted by atomic mass is 10.1. The molecular weight excluding hydrogens is 380 g/mol. The summed E-state index contributed by atoms with van der Waals surface area (Å²) >= 11 is 1.70. The lowest BCUT2D eigenvalue weighted by Gasteiger charge is -2.09. The highest BCUT2D eigenvalue weighted by molar-refractivity contribution is 7.98. The first kappa shape index (κ1) is 20.7. The molecule has 0 saturated carbocycles. The molecule has 0 unspecified atom stereocenters. The molecule has 1 N–H and O–H groups in total. The van der Waals surface area contributed by atoms with Gasteiger partial charge in [-0.1, -0.05) is 55.5 Å². The molecule has 0 saturated heterocycles. The maximum Gasteiger partial charge on any atom is 0.254 e. The molecule has 0 aliphatic heterocycles. The molecule has 0 fully saturated rings. The Morgan fingerprint density at radius 1 is 1.17 bits per heavy atom. The van der Waals surface area contributed by atoms with Crippen molar-refractivity contribution in [2.45, 2.75) is 25.6 Å². The normalized spacial score (nSPS) is 10.5. The number of carbonyl (C=O) groups is 1. The first-order valence-electron chi connectivity index (χ1n) is 9.65. The fourth-order valence-corrected chi connectivity index (χ4v) is 4.00. The third-order valence-electron chi connectivity index (χ3n) is 4.63. The minimum atomic E-state index is -0.0841. The monoisotopic (exact) mass is 404 g/mol. The zero-order valence-electron chi connectivity index (χ0n) is 16.5. The zero-order valence-corrected chi connectivity index (χ0v) is 17.3. The largest absolute Gasteiger partial charge is 0.351 e. The number of rotatable bonds is 9. The van der Waals surface area contributed by atoms with Crippen molar-refractivity contribution in [2.24, 2.45) is 0 Å². The van der Waals surface area contributed by atoms with Crippen LogP contribution in [0.1, 0.15) is 39.7 Å². The predicted molar refractivity (Wildman–Crippen MR) is 117 cm³/mol. The summed E-state index contributed by atoms with van der Waals surface area (Å²) < 4.78 is 1.90. The third kappa shape index (κ3) is 5.49. The van der Waals surface area contributed by atoms with Crippen molar-refractivity contribution < 1.29 is 4.79 Å². The highest BCUT2D eigenvalue weighted by Gasteiger charge is 2.16. The van der Waals surface area contributed by atoms with Gasteiger partial charge in [-0.2, -0.15) is 22.1 Å². The molecule has 0 atom stereocenters. The highest BCUT2D eigenvalue weighted by atomic mass is 32.2. The van der Waals surface area contributed by atoms with E-state index in [2.05, 4.69) is 28.6 Å². The van der Waals surface area contributed by atoms with Crippen LogP contribution in [0.5, 0.6) is 0 Å². The fourth-order valence-electron chi connectivity index (χ4n) is 3.14. The van der Waals surface area contributed by atoms with Crippen LogP contribution in [0.4, 0.5) is 0 Å². The Morgan fingerprint density at radius 2 is 1.93 bits per heavy atom. The van der Waals surface area contributed by atoms with E-state index in [1.807, 2.05) is 54.1 Å². The topological polar surface area (TPSA) is 70.7 Å². The standard InChI is InChI=1S/C23H24N4OS/c1-2-22-21(15-26-27(22)16-18-8-4-3-5-9-18)23(28)25-12-13-29-17-20-11-7-6-10-19(20)14-24/h3-11,15H,2,12-13,16-17H2,1H3,(H,25,28). The van der Waals surface area contributed by atoms with Crippen LogP contribution in [-0.2, 0) is 18.7 Å². The second-order valence-corrected chi connectivity index (χ2v) is 7.68. The first-order chi connectivity index (χ1) is 14.2. The SMILES string of the molecule is CCc1c(C(=O)NCCSCc2ccccc2C#N)cnn1Cc1ccccc1. The van der Waals surface area contributed by atoms with E-state index in [9.17, 15) is 4.79 Å². The van der Waals surface area contributed by atoms with Gasteiger partial charge in [0.1, 0.15) is 0 Å². The van der Waals surface area contributed by atoms with Crippen LogP contribution in [-0.4, -0.2) is 28.0 Å². The molecule has 0 aliphatic carbocycles. The van der Waals surface area contributed by atoms with Crippen LogP contribution in [0, 0.1) is 11.3 Å². The average Bonchev–Trinajstić information content (AvgIpc) is 3.17. The van der Waals surface area contributed by atoms with E-state index >= 15 is 0 Å².